The van der Waals surface area contributed by atoms with Crippen LogP contribution in [0.4, 0.5) is 0 Å². The number of nitrogens with one attached hydrogen (secondary N) is 2. The lowest BCUT2D eigenvalue weighted by molar-refractivity contribution is -0.157. The molecule has 0 aliphatic carbocycles. The van der Waals surface area contributed by atoms with Crippen molar-refractivity contribution in [3.8, 4) is 0 Å². The number of hydrogen-bond acceptors (Lipinski definition) is 8. The van der Waals surface area contributed by atoms with Gasteiger partial charge in [-0.1, -0.05) is 67.7 Å². The van der Waals surface area contributed by atoms with Crippen LogP contribution in [0.5, 0.6) is 0 Å². The molecule has 10 nitrogen and oxygen atoms in total. The lowest BCUT2D eigenvalue weighted by Gasteiger charge is -2.20. The van der Waals surface area contributed by atoms with E-state index in [4.69, 9.17) is 9.47 Å². The monoisotopic (exact) mass is 630 g/mol. The molecule has 45 heavy (non-hydrogen) atoms. The molecule has 2 amide bonds. The molecule has 0 spiro atoms. The predicted octanol–water partition coefficient (Wildman–Crippen LogP) is 4.70. The zero-order valence-electron chi connectivity index (χ0n) is 27.0. The van der Waals surface area contributed by atoms with Gasteiger partial charge in [-0.3, -0.25) is 9.59 Å². The number of ether oxygens (including phenoxy) is 2. The highest BCUT2D eigenvalue weighted by molar-refractivity contribution is 5.96. The molecule has 0 aliphatic rings. The number of rotatable bonds is 26. The summed E-state index contributed by atoms with van der Waals surface area (Å²) < 4.78 is 9.76. The summed E-state index contributed by atoms with van der Waals surface area (Å²) in [5, 5.41) is 23.7. The lowest BCUT2D eigenvalue weighted by Crippen LogP contribution is -2.43. The van der Waals surface area contributed by atoms with E-state index >= 15 is 0 Å². The number of unbranched alkanes of at least 4 members (excludes halogenated alkanes) is 2. The highest BCUT2D eigenvalue weighted by atomic mass is 16.6. The first kappa shape index (κ1) is 41.2. The molecule has 1 atom stereocenters. The predicted molar refractivity (Wildman–Crippen MR) is 177 cm³/mol. The second kappa shape index (κ2) is 30.3. The van der Waals surface area contributed by atoms with Crippen LogP contribution >= 0.6 is 0 Å². The summed E-state index contributed by atoms with van der Waals surface area (Å²) in [5.74, 6) is -2.26. The molecule has 0 aromatic rings. The fourth-order valence-electron chi connectivity index (χ4n) is 3.72. The van der Waals surface area contributed by atoms with Gasteiger partial charge < -0.3 is 30.3 Å². The average Bonchev–Trinajstić information content (AvgIpc) is 3.03. The fourth-order valence-corrected chi connectivity index (χ4v) is 3.72. The zero-order valence-corrected chi connectivity index (χ0v) is 27.0. The summed E-state index contributed by atoms with van der Waals surface area (Å²) in [6.07, 6.45) is 30.3. The van der Waals surface area contributed by atoms with Gasteiger partial charge in [0.1, 0.15) is 12.1 Å². The molecular weight excluding hydrogens is 576 g/mol. The molecule has 0 bridgehead atoms. The molecule has 0 fully saturated rings. The maximum absolute atomic E-state index is 12.5. The Labute approximate surface area is 269 Å². The van der Waals surface area contributed by atoms with Crippen LogP contribution in [0.15, 0.2) is 72.9 Å². The van der Waals surface area contributed by atoms with Gasteiger partial charge in [-0.05, 0) is 71.1 Å². The van der Waals surface area contributed by atoms with Crippen molar-refractivity contribution < 1.29 is 38.9 Å². The summed E-state index contributed by atoms with van der Waals surface area (Å²) in [7, 11) is 0. The molecule has 252 valence electrons. The second-order valence-corrected chi connectivity index (χ2v) is 10.0. The van der Waals surface area contributed by atoms with Crippen molar-refractivity contribution in [2.75, 3.05) is 26.4 Å². The van der Waals surface area contributed by atoms with Gasteiger partial charge in [0.15, 0.2) is 0 Å². The highest BCUT2D eigenvalue weighted by Crippen LogP contribution is 2.06. The molecule has 0 heterocycles. The Kier molecular flexibility index (Phi) is 27.7. The van der Waals surface area contributed by atoms with Crippen LogP contribution in [0.1, 0.15) is 84.5 Å². The van der Waals surface area contributed by atoms with Crippen molar-refractivity contribution in [2.24, 2.45) is 0 Å². The van der Waals surface area contributed by atoms with Gasteiger partial charge in [-0.2, -0.15) is 0 Å². The first-order chi connectivity index (χ1) is 21.9. The minimum Gasteiger partial charge on any atom is -0.463 e. The molecule has 4 N–H and O–H groups in total. The Balaban J connectivity index is 4.23. The fraction of sp³-hybridized carbons (Fsp3) is 0.543. The molecule has 0 aromatic heterocycles. The number of aliphatic hydroxyl groups excluding tert-OH is 2. The number of aliphatic hydroxyl groups is 2. The van der Waals surface area contributed by atoms with Crippen molar-refractivity contribution in [3.63, 3.8) is 0 Å². The molecule has 0 saturated heterocycles. The van der Waals surface area contributed by atoms with E-state index in [0.717, 1.165) is 57.1 Å². The molecule has 1 unspecified atom stereocenters. The number of carbonyl (C=O) groups is 4. The van der Waals surface area contributed by atoms with Gasteiger partial charge in [0.25, 0.3) is 0 Å². The topological polar surface area (TPSA) is 151 Å². The van der Waals surface area contributed by atoms with Gasteiger partial charge in [0, 0.05) is 25.1 Å². The third-order valence-electron chi connectivity index (χ3n) is 6.12. The van der Waals surface area contributed by atoms with Crippen molar-refractivity contribution in [2.45, 2.75) is 96.6 Å². The number of hydrogen-bond donors (Lipinski definition) is 4. The van der Waals surface area contributed by atoms with Gasteiger partial charge in [-0.25, -0.2) is 9.59 Å². The van der Waals surface area contributed by atoms with Crippen LogP contribution in [0.3, 0.4) is 0 Å². The van der Waals surface area contributed by atoms with Crippen molar-refractivity contribution >= 4 is 23.8 Å². The first-order valence-electron chi connectivity index (χ1n) is 16.0. The Bertz CT molecular complexity index is 994. The molecule has 0 saturated carbocycles. The highest BCUT2D eigenvalue weighted by Gasteiger charge is 2.24. The quantitative estimate of drug-likeness (QED) is 0.0465. The van der Waals surface area contributed by atoms with E-state index in [1.54, 1.807) is 6.92 Å². The standard InChI is InChI=1S/C35H54N2O8/c1-3-5-6-7-8-9-10-11-12-13-14-15-16-17-18-19-20-24-32(40)36-27-22-21-23-31(35(43)45-30(28-38)29-39)37-33(41)25-26-34(42)44-4-2/h5-6,8-9,11-12,14-15,17-18,25-26,30-31,38-39H,3-4,7,10,13,16,19-24,27-29H2,1-2H3,(H,36,40)(H,37,41). The summed E-state index contributed by atoms with van der Waals surface area (Å²) >= 11 is 0. The minimum atomic E-state index is -1.11. The smallest absolute Gasteiger partial charge is 0.330 e. The van der Waals surface area contributed by atoms with Crippen LogP contribution in [-0.4, -0.2) is 72.5 Å². The molecule has 0 aliphatic heterocycles. The maximum Gasteiger partial charge on any atom is 0.330 e. The van der Waals surface area contributed by atoms with Crippen LogP contribution in [-0.2, 0) is 28.7 Å². The van der Waals surface area contributed by atoms with Crippen LogP contribution in [0.25, 0.3) is 0 Å². The van der Waals surface area contributed by atoms with Crippen molar-refractivity contribution in [1.82, 2.24) is 10.6 Å². The summed E-state index contributed by atoms with van der Waals surface area (Å²) in [5.41, 5.74) is 0. The molecule has 0 radical (unpaired) electrons. The summed E-state index contributed by atoms with van der Waals surface area (Å²) in [6.45, 7) is 3.19. The van der Waals surface area contributed by atoms with E-state index in [0.29, 0.717) is 25.8 Å². The van der Waals surface area contributed by atoms with Crippen LogP contribution in [0.2, 0.25) is 0 Å². The van der Waals surface area contributed by atoms with E-state index in [1.807, 2.05) is 0 Å². The second-order valence-electron chi connectivity index (χ2n) is 10.0. The van der Waals surface area contributed by atoms with Gasteiger partial charge >= 0.3 is 11.9 Å². The third-order valence-corrected chi connectivity index (χ3v) is 6.12. The molecular formula is C35H54N2O8. The largest absolute Gasteiger partial charge is 0.463 e. The van der Waals surface area contributed by atoms with E-state index in [1.165, 1.54) is 0 Å². The minimum absolute atomic E-state index is 0.0514. The number of carbonyl (C=O) groups excluding carboxylic acids is 4. The number of esters is 2. The molecule has 0 rings (SSSR count). The first-order valence-corrected chi connectivity index (χ1v) is 16.0. The van der Waals surface area contributed by atoms with E-state index in [2.05, 4.69) is 78.3 Å². The van der Waals surface area contributed by atoms with Crippen molar-refractivity contribution in [1.29, 1.82) is 0 Å². The van der Waals surface area contributed by atoms with Gasteiger partial charge in [-0.15, -0.1) is 0 Å². The number of amides is 2. The number of allylic oxidation sites excluding steroid dienone is 10. The van der Waals surface area contributed by atoms with Gasteiger partial charge in [0.05, 0.1) is 19.8 Å². The van der Waals surface area contributed by atoms with E-state index in [-0.39, 0.29) is 18.9 Å². The maximum atomic E-state index is 12.5. The summed E-state index contributed by atoms with van der Waals surface area (Å²) in [4.78, 5) is 48.2. The normalized spacial score (nSPS) is 12.8. The molecule has 0 aromatic carbocycles. The van der Waals surface area contributed by atoms with Crippen molar-refractivity contribution in [3.05, 3.63) is 72.9 Å². The average molecular weight is 631 g/mol. The van der Waals surface area contributed by atoms with Crippen LogP contribution < -0.4 is 10.6 Å². The van der Waals surface area contributed by atoms with Crippen LogP contribution in [0, 0.1) is 0 Å². The zero-order chi connectivity index (χ0) is 33.4. The Morgan fingerprint density at radius 2 is 1.31 bits per heavy atom. The Morgan fingerprint density at radius 3 is 1.87 bits per heavy atom. The Morgan fingerprint density at radius 1 is 0.733 bits per heavy atom. The van der Waals surface area contributed by atoms with E-state index < -0.39 is 43.2 Å². The third kappa shape index (κ3) is 26.4. The SMILES string of the molecule is CCC=CCC=CCC=CCC=CCC=CCCCC(=O)NCCCCC(NC(=O)C=CC(=O)OCC)C(=O)OC(CO)CO. The van der Waals surface area contributed by atoms with E-state index in [9.17, 15) is 29.4 Å². The van der Waals surface area contributed by atoms with Gasteiger partial charge in [0.2, 0.25) is 11.8 Å². The molecule has 10 heteroatoms. The lowest BCUT2D eigenvalue weighted by atomic mass is 10.1. The Hall–Kier alpha value is -3.76. The summed E-state index contributed by atoms with van der Waals surface area (Å²) in [6, 6.07) is -1.07.